The number of halogens is 1. The van der Waals surface area contributed by atoms with Crippen molar-refractivity contribution in [3.8, 4) is 0 Å². The van der Waals surface area contributed by atoms with E-state index in [0.717, 1.165) is 22.4 Å². The van der Waals surface area contributed by atoms with Gasteiger partial charge in [-0.25, -0.2) is 4.98 Å². The van der Waals surface area contributed by atoms with E-state index in [2.05, 4.69) is 9.88 Å². The van der Waals surface area contributed by atoms with Gasteiger partial charge in [-0.15, -0.1) is 11.3 Å². The minimum Gasteiger partial charge on any atom is -0.342 e. The third-order valence-corrected chi connectivity index (χ3v) is 5.50. The summed E-state index contributed by atoms with van der Waals surface area (Å²) in [5.74, 6) is 0.736. The van der Waals surface area contributed by atoms with Crippen LogP contribution in [0.5, 0.6) is 0 Å². The molecule has 0 radical (unpaired) electrons. The molecule has 4 nitrogen and oxygen atoms in total. The number of imidazole rings is 1. The first-order valence-corrected chi connectivity index (χ1v) is 9.91. The molecule has 1 N–H and O–H groups in total. The fourth-order valence-corrected chi connectivity index (χ4v) is 3.99. The lowest BCUT2D eigenvalue weighted by Gasteiger charge is -2.16. The molecule has 0 unspecified atom stereocenters. The molecule has 27 heavy (non-hydrogen) atoms. The van der Waals surface area contributed by atoms with Gasteiger partial charge < -0.3 is 9.88 Å². The second-order valence-electron chi connectivity index (χ2n) is 6.35. The van der Waals surface area contributed by atoms with Crippen LogP contribution in [0.15, 0.2) is 66.0 Å². The summed E-state index contributed by atoms with van der Waals surface area (Å²) in [6, 6.07) is 19.3. The van der Waals surface area contributed by atoms with Gasteiger partial charge in [0.15, 0.2) is 0 Å². The number of amides is 1. The Balaban J connectivity index is 1.70. The fourth-order valence-electron chi connectivity index (χ4n) is 3.15. The Kier molecular flexibility index (Phi) is 4.97. The second kappa shape index (κ2) is 7.55. The van der Waals surface area contributed by atoms with Gasteiger partial charge in [-0.2, -0.15) is 0 Å². The molecule has 0 saturated heterocycles. The van der Waals surface area contributed by atoms with Crippen LogP contribution in [0.1, 0.15) is 34.0 Å². The molecular weight excluding hydrogens is 378 g/mol. The van der Waals surface area contributed by atoms with E-state index in [0.29, 0.717) is 16.4 Å². The van der Waals surface area contributed by atoms with Crippen LogP contribution in [0.3, 0.4) is 0 Å². The van der Waals surface area contributed by atoms with Crippen molar-refractivity contribution in [3.63, 3.8) is 0 Å². The number of aromatic nitrogens is 2. The van der Waals surface area contributed by atoms with Crippen molar-refractivity contribution >= 4 is 39.9 Å². The predicted octanol–water partition coefficient (Wildman–Crippen LogP) is 5.29. The molecule has 2 aromatic carbocycles. The number of carbonyl (C=O) groups is 1. The molecule has 0 aliphatic rings. The van der Waals surface area contributed by atoms with Gasteiger partial charge in [0.2, 0.25) is 0 Å². The second-order valence-corrected chi connectivity index (χ2v) is 7.73. The van der Waals surface area contributed by atoms with Gasteiger partial charge in [-0.3, -0.25) is 4.79 Å². The maximum absolute atomic E-state index is 12.5. The van der Waals surface area contributed by atoms with Gasteiger partial charge in [0.05, 0.1) is 22.0 Å². The summed E-state index contributed by atoms with van der Waals surface area (Å²) in [7, 11) is 0. The monoisotopic (exact) mass is 395 g/mol. The molecule has 2 heterocycles. The third kappa shape index (κ3) is 3.75. The van der Waals surface area contributed by atoms with Crippen molar-refractivity contribution in [2.24, 2.45) is 0 Å². The molecule has 0 saturated carbocycles. The summed E-state index contributed by atoms with van der Waals surface area (Å²) in [5, 5.41) is 5.66. The molecule has 0 fully saturated rings. The minimum atomic E-state index is -0.230. The van der Waals surface area contributed by atoms with Crippen molar-refractivity contribution in [2.45, 2.75) is 19.5 Å². The average Bonchev–Trinajstić information content (AvgIpc) is 3.30. The Labute approximate surface area is 166 Å². The molecule has 0 aliphatic heterocycles. The lowest BCUT2D eigenvalue weighted by Crippen LogP contribution is -2.28. The maximum atomic E-state index is 12.5. The molecule has 0 aliphatic carbocycles. The quantitative estimate of drug-likeness (QED) is 0.499. The third-order valence-electron chi connectivity index (χ3n) is 4.39. The zero-order chi connectivity index (χ0) is 18.8. The number of carbonyl (C=O) groups excluding carboxylic acids is 1. The van der Waals surface area contributed by atoms with Crippen molar-refractivity contribution in [2.75, 3.05) is 0 Å². The first kappa shape index (κ1) is 17.8. The number of para-hydroxylation sites is 2. The number of hydrogen-bond acceptors (Lipinski definition) is 3. The highest BCUT2D eigenvalue weighted by atomic mass is 35.5. The summed E-state index contributed by atoms with van der Waals surface area (Å²) in [6.45, 7) is 2.59. The topological polar surface area (TPSA) is 46.9 Å². The smallest absolute Gasteiger partial charge is 0.261 e. The Morgan fingerprint density at radius 3 is 2.81 bits per heavy atom. The van der Waals surface area contributed by atoms with E-state index in [1.807, 2.05) is 73.0 Å². The van der Waals surface area contributed by atoms with Crippen LogP contribution >= 0.6 is 22.9 Å². The van der Waals surface area contributed by atoms with Gasteiger partial charge in [0.1, 0.15) is 5.82 Å². The lowest BCUT2D eigenvalue weighted by atomic mass is 10.2. The molecule has 136 valence electrons. The number of rotatable bonds is 5. The lowest BCUT2D eigenvalue weighted by molar-refractivity contribution is 0.0942. The number of benzene rings is 2. The van der Waals surface area contributed by atoms with Crippen LogP contribution in [0.4, 0.5) is 0 Å². The van der Waals surface area contributed by atoms with Crippen molar-refractivity contribution in [3.05, 3.63) is 87.3 Å². The first-order chi connectivity index (χ1) is 13.1. The zero-order valence-electron chi connectivity index (χ0n) is 14.7. The zero-order valence-corrected chi connectivity index (χ0v) is 16.3. The van der Waals surface area contributed by atoms with Crippen LogP contribution in [0.25, 0.3) is 11.0 Å². The van der Waals surface area contributed by atoms with Crippen LogP contribution in [0.2, 0.25) is 5.02 Å². The van der Waals surface area contributed by atoms with E-state index in [4.69, 9.17) is 16.6 Å². The molecule has 4 rings (SSSR count). The van der Waals surface area contributed by atoms with E-state index >= 15 is 0 Å². The highest BCUT2D eigenvalue weighted by Gasteiger charge is 2.19. The Morgan fingerprint density at radius 1 is 1.19 bits per heavy atom. The van der Waals surface area contributed by atoms with Gasteiger partial charge in [-0.05, 0) is 48.2 Å². The number of nitrogens with one attached hydrogen (secondary N) is 1. The molecule has 1 atom stereocenters. The van der Waals surface area contributed by atoms with E-state index in [-0.39, 0.29) is 11.9 Å². The summed E-state index contributed by atoms with van der Waals surface area (Å²) in [5.41, 5.74) is 3.03. The van der Waals surface area contributed by atoms with Gasteiger partial charge in [0.25, 0.3) is 5.91 Å². The van der Waals surface area contributed by atoms with Crippen molar-refractivity contribution in [1.82, 2.24) is 14.9 Å². The molecule has 4 aromatic rings. The summed E-state index contributed by atoms with van der Waals surface area (Å²) in [4.78, 5) is 17.9. The largest absolute Gasteiger partial charge is 0.342 e. The van der Waals surface area contributed by atoms with Crippen molar-refractivity contribution < 1.29 is 4.79 Å². The van der Waals surface area contributed by atoms with Crippen LogP contribution in [0, 0.1) is 0 Å². The number of nitrogens with zero attached hydrogens (tertiary/aromatic N) is 2. The van der Waals surface area contributed by atoms with Crippen LogP contribution in [-0.4, -0.2) is 15.5 Å². The van der Waals surface area contributed by atoms with E-state index in [1.54, 1.807) is 0 Å². The molecular formula is C21H18ClN3OS. The molecule has 2 aromatic heterocycles. The minimum absolute atomic E-state index is 0.0844. The fraction of sp³-hybridized carbons (Fsp3) is 0.143. The van der Waals surface area contributed by atoms with Crippen LogP contribution < -0.4 is 5.32 Å². The number of hydrogen-bond donors (Lipinski definition) is 1. The molecule has 0 bridgehead atoms. The molecule has 6 heteroatoms. The highest BCUT2D eigenvalue weighted by molar-refractivity contribution is 7.12. The predicted molar refractivity (Wildman–Crippen MR) is 110 cm³/mol. The van der Waals surface area contributed by atoms with Gasteiger partial charge in [0, 0.05) is 11.6 Å². The SMILES string of the molecule is C[C@H](NC(=O)c1cccs1)c1nc2ccccc2n1Cc1cccc(Cl)c1. The average molecular weight is 396 g/mol. The Bertz CT molecular complexity index is 1090. The highest BCUT2D eigenvalue weighted by Crippen LogP contribution is 2.23. The Hall–Kier alpha value is -2.63. The van der Waals surface area contributed by atoms with Crippen molar-refractivity contribution in [1.29, 1.82) is 0 Å². The number of thiophene rings is 1. The van der Waals surface area contributed by atoms with Gasteiger partial charge in [-0.1, -0.05) is 41.9 Å². The molecule has 0 spiro atoms. The normalized spacial score (nSPS) is 12.2. The first-order valence-electron chi connectivity index (χ1n) is 8.66. The Morgan fingerprint density at radius 2 is 2.04 bits per heavy atom. The molecule has 1 amide bonds. The van der Waals surface area contributed by atoms with Crippen LogP contribution in [-0.2, 0) is 6.54 Å². The maximum Gasteiger partial charge on any atom is 0.261 e. The van der Waals surface area contributed by atoms with E-state index < -0.39 is 0 Å². The number of fused-ring (bicyclic) bond motifs is 1. The van der Waals surface area contributed by atoms with E-state index in [9.17, 15) is 4.79 Å². The summed E-state index contributed by atoms with van der Waals surface area (Å²) >= 11 is 7.58. The summed E-state index contributed by atoms with van der Waals surface area (Å²) in [6.07, 6.45) is 0. The summed E-state index contributed by atoms with van der Waals surface area (Å²) < 4.78 is 2.14. The van der Waals surface area contributed by atoms with Gasteiger partial charge >= 0.3 is 0 Å². The van der Waals surface area contributed by atoms with E-state index in [1.165, 1.54) is 11.3 Å². The standard InChI is InChI=1S/C21H18ClN3OS/c1-14(23-21(26)19-10-5-11-27-19)20-24-17-8-2-3-9-18(17)25(20)13-15-6-4-7-16(22)12-15/h2-12,14H,13H2,1H3,(H,23,26)/t14-/m0/s1.